The van der Waals surface area contributed by atoms with Gasteiger partial charge in [-0.2, -0.15) is 5.10 Å². The summed E-state index contributed by atoms with van der Waals surface area (Å²) in [7, 11) is 0. The molecule has 1 aliphatic rings. The van der Waals surface area contributed by atoms with Crippen molar-refractivity contribution in [3.63, 3.8) is 0 Å². The molecule has 4 heteroatoms. The Hall–Kier alpha value is -0.540. The molecule has 0 bridgehead atoms. The molecule has 1 aromatic rings. The van der Waals surface area contributed by atoms with Crippen LogP contribution in [-0.2, 0) is 0 Å². The first-order valence-corrected chi connectivity index (χ1v) is 8.16. The molecule has 0 spiro atoms. The first-order chi connectivity index (χ1) is 9.37. The van der Waals surface area contributed by atoms with Crippen LogP contribution >= 0.6 is 11.6 Å². The van der Waals surface area contributed by atoms with Crippen LogP contribution in [-0.4, -0.2) is 14.9 Å². The number of aromatic nitrogens is 2. The second kappa shape index (κ2) is 6.07. The van der Waals surface area contributed by atoms with Crippen LogP contribution in [0.5, 0.6) is 0 Å². The van der Waals surface area contributed by atoms with Gasteiger partial charge in [-0.15, -0.1) is 0 Å². The Balaban J connectivity index is 2.37. The van der Waals surface area contributed by atoms with Gasteiger partial charge in [0.1, 0.15) is 6.10 Å². The van der Waals surface area contributed by atoms with E-state index in [4.69, 9.17) is 11.6 Å². The Morgan fingerprint density at radius 3 is 2.40 bits per heavy atom. The molecule has 1 fully saturated rings. The number of hydrogen-bond donors (Lipinski definition) is 1. The zero-order valence-electron chi connectivity index (χ0n) is 13.1. The van der Waals surface area contributed by atoms with Crippen molar-refractivity contribution in [1.29, 1.82) is 0 Å². The highest BCUT2D eigenvalue weighted by atomic mass is 35.5. The van der Waals surface area contributed by atoms with E-state index in [1.54, 1.807) is 6.20 Å². The Labute approximate surface area is 127 Å². The van der Waals surface area contributed by atoms with Gasteiger partial charge in [0.2, 0.25) is 0 Å². The second-order valence-electron chi connectivity index (χ2n) is 6.99. The van der Waals surface area contributed by atoms with Crippen LogP contribution in [0, 0.1) is 11.3 Å². The van der Waals surface area contributed by atoms with Crippen molar-refractivity contribution < 1.29 is 5.11 Å². The van der Waals surface area contributed by atoms with Crippen LogP contribution < -0.4 is 0 Å². The number of aliphatic hydroxyl groups excluding tert-OH is 1. The summed E-state index contributed by atoms with van der Waals surface area (Å²) in [6.07, 6.45) is 6.79. The number of rotatable bonds is 5. The highest BCUT2D eigenvalue weighted by Crippen LogP contribution is 2.52. The van der Waals surface area contributed by atoms with Crippen LogP contribution in [0.2, 0.25) is 5.02 Å². The van der Waals surface area contributed by atoms with E-state index < -0.39 is 6.10 Å². The van der Waals surface area contributed by atoms with E-state index in [2.05, 4.69) is 32.8 Å². The predicted octanol–water partition coefficient (Wildman–Crippen LogP) is 4.76. The van der Waals surface area contributed by atoms with Gasteiger partial charge >= 0.3 is 0 Å². The molecular formula is C16H27ClN2O. The molecule has 0 saturated heterocycles. The van der Waals surface area contributed by atoms with Gasteiger partial charge in [0.15, 0.2) is 0 Å². The quantitative estimate of drug-likeness (QED) is 0.851. The monoisotopic (exact) mass is 298 g/mol. The van der Waals surface area contributed by atoms with Crippen molar-refractivity contribution in [3.05, 3.63) is 16.9 Å². The maximum absolute atomic E-state index is 11.1. The smallest absolute Gasteiger partial charge is 0.103 e. The molecule has 1 aliphatic carbocycles. The number of hydrogen-bond acceptors (Lipinski definition) is 2. The van der Waals surface area contributed by atoms with Gasteiger partial charge in [-0.1, -0.05) is 38.3 Å². The predicted molar refractivity (Wildman–Crippen MR) is 82.9 cm³/mol. The largest absolute Gasteiger partial charge is 0.386 e. The van der Waals surface area contributed by atoms with Gasteiger partial charge < -0.3 is 5.11 Å². The second-order valence-corrected chi connectivity index (χ2v) is 7.39. The van der Waals surface area contributed by atoms with Crippen molar-refractivity contribution >= 4 is 11.6 Å². The fourth-order valence-electron chi connectivity index (χ4n) is 3.79. The minimum Gasteiger partial charge on any atom is -0.386 e. The van der Waals surface area contributed by atoms with Crippen LogP contribution in [0.4, 0.5) is 0 Å². The minimum atomic E-state index is -0.509. The molecule has 1 aromatic heterocycles. The van der Waals surface area contributed by atoms with E-state index in [0.717, 1.165) is 25.0 Å². The average Bonchev–Trinajstić information content (AvgIpc) is 2.95. The maximum atomic E-state index is 11.1. The molecule has 2 rings (SSSR count). The Bertz CT molecular complexity index is 447. The first kappa shape index (κ1) is 15.8. The normalized spacial score (nSPS) is 20.0. The SMILES string of the molecule is CC(C)CC1(C(O)c2c(Cl)cnn2C(C)C)CCCC1. The molecule has 0 aliphatic heterocycles. The van der Waals surface area contributed by atoms with Crippen LogP contribution in [0.3, 0.4) is 0 Å². The zero-order chi connectivity index (χ0) is 14.9. The lowest BCUT2D eigenvalue weighted by Gasteiger charge is -2.36. The topological polar surface area (TPSA) is 38.1 Å². The molecule has 20 heavy (non-hydrogen) atoms. The minimum absolute atomic E-state index is 0.0233. The summed E-state index contributed by atoms with van der Waals surface area (Å²) in [5, 5.41) is 16.0. The van der Waals surface area contributed by atoms with E-state index in [0.29, 0.717) is 10.9 Å². The molecule has 0 radical (unpaired) electrons. The molecule has 0 aromatic carbocycles. The summed E-state index contributed by atoms with van der Waals surface area (Å²) < 4.78 is 1.88. The standard InChI is InChI=1S/C16H27ClN2O/c1-11(2)9-16(7-5-6-8-16)15(20)14-13(17)10-18-19(14)12(3)4/h10-12,15,20H,5-9H2,1-4H3. The van der Waals surface area contributed by atoms with E-state index in [1.807, 2.05) is 4.68 Å². The van der Waals surface area contributed by atoms with Gasteiger partial charge in [0.05, 0.1) is 16.9 Å². The molecule has 3 nitrogen and oxygen atoms in total. The molecule has 114 valence electrons. The van der Waals surface area contributed by atoms with Crippen molar-refractivity contribution in [2.75, 3.05) is 0 Å². The fourth-order valence-corrected chi connectivity index (χ4v) is 4.02. The van der Waals surface area contributed by atoms with Gasteiger partial charge in [0, 0.05) is 11.5 Å². The summed E-state index contributed by atoms with van der Waals surface area (Å²) in [5.74, 6) is 0.581. The molecule has 0 amide bonds. The van der Waals surface area contributed by atoms with Crippen molar-refractivity contribution in [1.82, 2.24) is 9.78 Å². The molecular weight excluding hydrogens is 272 g/mol. The Morgan fingerprint density at radius 1 is 1.30 bits per heavy atom. The number of halogens is 1. The Kier molecular flexibility index (Phi) is 4.80. The van der Waals surface area contributed by atoms with E-state index in [-0.39, 0.29) is 11.5 Å². The lowest BCUT2D eigenvalue weighted by molar-refractivity contribution is 0.00432. The first-order valence-electron chi connectivity index (χ1n) is 7.78. The molecule has 1 heterocycles. The van der Waals surface area contributed by atoms with Gasteiger partial charge in [-0.25, -0.2) is 0 Å². The summed E-state index contributed by atoms with van der Waals surface area (Å²) in [4.78, 5) is 0. The highest BCUT2D eigenvalue weighted by molar-refractivity contribution is 6.31. The molecule has 1 N–H and O–H groups in total. The third-order valence-corrected chi connectivity index (χ3v) is 4.82. The van der Waals surface area contributed by atoms with Gasteiger partial charge in [-0.05, 0) is 39.0 Å². The summed E-state index contributed by atoms with van der Waals surface area (Å²) in [5.41, 5.74) is 0.786. The van der Waals surface area contributed by atoms with Crippen molar-refractivity contribution in [2.45, 2.75) is 71.9 Å². The highest BCUT2D eigenvalue weighted by Gasteiger charge is 2.43. The van der Waals surface area contributed by atoms with Crippen LogP contribution in [0.15, 0.2) is 6.20 Å². The molecule has 1 saturated carbocycles. The van der Waals surface area contributed by atoms with Gasteiger partial charge in [-0.3, -0.25) is 4.68 Å². The van der Waals surface area contributed by atoms with Gasteiger partial charge in [0.25, 0.3) is 0 Å². The number of aliphatic hydroxyl groups is 1. The maximum Gasteiger partial charge on any atom is 0.103 e. The fraction of sp³-hybridized carbons (Fsp3) is 0.812. The molecule has 1 unspecified atom stereocenters. The Morgan fingerprint density at radius 2 is 1.90 bits per heavy atom. The van der Waals surface area contributed by atoms with Crippen molar-refractivity contribution in [3.8, 4) is 0 Å². The van der Waals surface area contributed by atoms with Crippen LogP contribution in [0.25, 0.3) is 0 Å². The number of nitrogens with zero attached hydrogens (tertiary/aromatic N) is 2. The third kappa shape index (κ3) is 2.89. The average molecular weight is 299 g/mol. The summed E-state index contributed by atoms with van der Waals surface area (Å²) in [6, 6.07) is 0.213. The lowest BCUT2D eigenvalue weighted by Crippen LogP contribution is -2.30. The third-order valence-electron chi connectivity index (χ3n) is 4.53. The summed E-state index contributed by atoms with van der Waals surface area (Å²) >= 11 is 6.32. The van der Waals surface area contributed by atoms with E-state index in [1.165, 1.54) is 12.8 Å². The zero-order valence-corrected chi connectivity index (χ0v) is 13.8. The van der Waals surface area contributed by atoms with Crippen LogP contribution in [0.1, 0.15) is 77.6 Å². The van der Waals surface area contributed by atoms with E-state index in [9.17, 15) is 5.11 Å². The molecule has 1 atom stereocenters. The van der Waals surface area contributed by atoms with Crippen molar-refractivity contribution in [2.24, 2.45) is 11.3 Å². The van der Waals surface area contributed by atoms with E-state index >= 15 is 0 Å². The lowest BCUT2D eigenvalue weighted by atomic mass is 9.73. The summed E-state index contributed by atoms with van der Waals surface area (Å²) in [6.45, 7) is 8.61.